The summed E-state index contributed by atoms with van der Waals surface area (Å²) in [4.78, 5) is 16.0. The van der Waals surface area contributed by atoms with Crippen LogP contribution in [0, 0.1) is 0 Å². The zero-order valence-corrected chi connectivity index (χ0v) is 11.8. The van der Waals surface area contributed by atoms with Gasteiger partial charge in [-0.15, -0.1) is 0 Å². The first-order chi connectivity index (χ1) is 9.29. The smallest absolute Gasteiger partial charge is 0.152 e. The molecule has 2 heterocycles. The van der Waals surface area contributed by atoms with Crippen LogP contribution in [0.2, 0.25) is 5.02 Å². The Morgan fingerprint density at radius 3 is 2.74 bits per heavy atom. The molecule has 1 atom stereocenters. The Morgan fingerprint density at radius 2 is 2.00 bits per heavy atom. The topological polar surface area (TPSA) is 23.6 Å². The lowest BCUT2D eigenvalue weighted by molar-refractivity contribution is 0.112. The number of carbonyl (C=O) groups excluding carboxylic acids is 1. The minimum absolute atomic E-state index is 0.623. The van der Waals surface area contributed by atoms with Crippen LogP contribution in [0.5, 0.6) is 0 Å². The van der Waals surface area contributed by atoms with Crippen molar-refractivity contribution in [1.29, 1.82) is 0 Å². The third kappa shape index (κ3) is 2.49. The third-order valence-corrected chi connectivity index (χ3v) is 4.59. The summed E-state index contributed by atoms with van der Waals surface area (Å²) in [6.07, 6.45) is 4.72. The average Bonchev–Trinajstić information content (AvgIpc) is 3.08. The normalized spacial score (nSPS) is 24.1. The van der Waals surface area contributed by atoms with Crippen LogP contribution in [0.3, 0.4) is 0 Å². The standard InChI is InChI=1S/C15H19ClN2O/c16-14-5-3-4-12(11-19)15(14)18-9-6-13(10-18)17-7-1-2-8-17/h3-5,11,13H,1-2,6-10H2. The summed E-state index contributed by atoms with van der Waals surface area (Å²) in [6, 6.07) is 6.17. The van der Waals surface area contributed by atoms with Gasteiger partial charge in [-0.3, -0.25) is 9.69 Å². The number of aldehydes is 1. The first-order valence-electron chi connectivity index (χ1n) is 7.02. The van der Waals surface area contributed by atoms with Crippen LogP contribution in [0.1, 0.15) is 29.6 Å². The van der Waals surface area contributed by atoms with Gasteiger partial charge in [-0.2, -0.15) is 0 Å². The van der Waals surface area contributed by atoms with Crippen molar-refractivity contribution in [1.82, 2.24) is 4.90 Å². The quantitative estimate of drug-likeness (QED) is 0.795. The summed E-state index contributed by atoms with van der Waals surface area (Å²) in [5, 5.41) is 0.687. The van der Waals surface area contributed by atoms with E-state index in [2.05, 4.69) is 9.80 Å². The second-order valence-corrected chi connectivity index (χ2v) is 5.83. The number of benzene rings is 1. The van der Waals surface area contributed by atoms with Crippen molar-refractivity contribution in [2.75, 3.05) is 31.1 Å². The fraction of sp³-hybridized carbons (Fsp3) is 0.533. The molecule has 2 saturated heterocycles. The van der Waals surface area contributed by atoms with Crippen molar-refractivity contribution in [3.05, 3.63) is 28.8 Å². The van der Waals surface area contributed by atoms with Crippen LogP contribution in [-0.4, -0.2) is 43.4 Å². The number of nitrogens with zero attached hydrogens (tertiary/aromatic N) is 2. The van der Waals surface area contributed by atoms with Crippen LogP contribution in [0.25, 0.3) is 0 Å². The molecule has 0 spiro atoms. The van der Waals surface area contributed by atoms with E-state index in [-0.39, 0.29) is 0 Å². The van der Waals surface area contributed by atoms with Crippen LogP contribution < -0.4 is 4.90 Å². The third-order valence-electron chi connectivity index (χ3n) is 4.28. The van der Waals surface area contributed by atoms with Gasteiger partial charge in [0.05, 0.1) is 10.7 Å². The van der Waals surface area contributed by atoms with Crippen LogP contribution in [-0.2, 0) is 0 Å². The van der Waals surface area contributed by atoms with Crippen molar-refractivity contribution in [3.8, 4) is 0 Å². The molecule has 2 fully saturated rings. The molecule has 2 aliphatic rings. The molecule has 1 aromatic carbocycles. The van der Waals surface area contributed by atoms with Gasteiger partial charge < -0.3 is 4.90 Å². The van der Waals surface area contributed by atoms with Gasteiger partial charge in [0.2, 0.25) is 0 Å². The molecule has 3 rings (SSSR count). The average molecular weight is 279 g/mol. The molecule has 0 N–H and O–H groups in total. The van der Waals surface area contributed by atoms with Crippen LogP contribution in [0.15, 0.2) is 18.2 Å². The molecular formula is C15H19ClN2O. The highest BCUT2D eigenvalue weighted by Crippen LogP contribution is 2.33. The Labute approximate surface area is 119 Å². The minimum Gasteiger partial charge on any atom is -0.368 e. The number of carbonyl (C=O) groups is 1. The number of halogens is 1. The molecule has 2 aliphatic heterocycles. The summed E-state index contributed by atoms with van der Waals surface area (Å²) in [5.74, 6) is 0. The molecule has 1 aromatic rings. The predicted octanol–water partition coefficient (Wildman–Crippen LogP) is 2.83. The Bertz CT molecular complexity index is 471. The van der Waals surface area contributed by atoms with Crippen molar-refractivity contribution in [3.63, 3.8) is 0 Å². The highest BCUT2D eigenvalue weighted by atomic mass is 35.5. The summed E-state index contributed by atoms with van der Waals surface area (Å²) >= 11 is 6.28. The van der Waals surface area contributed by atoms with Gasteiger partial charge in [-0.25, -0.2) is 0 Å². The highest BCUT2D eigenvalue weighted by Gasteiger charge is 2.30. The fourth-order valence-corrected chi connectivity index (χ4v) is 3.61. The number of para-hydroxylation sites is 1. The van der Waals surface area contributed by atoms with E-state index < -0.39 is 0 Å². The SMILES string of the molecule is O=Cc1cccc(Cl)c1N1CCC(N2CCCC2)C1. The van der Waals surface area contributed by atoms with Crippen LogP contribution >= 0.6 is 11.6 Å². The maximum Gasteiger partial charge on any atom is 0.152 e. The second-order valence-electron chi connectivity index (χ2n) is 5.43. The number of hydrogen-bond acceptors (Lipinski definition) is 3. The zero-order chi connectivity index (χ0) is 13.2. The van der Waals surface area contributed by atoms with Gasteiger partial charge in [0, 0.05) is 24.7 Å². The number of rotatable bonds is 3. The summed E-state index contributed by atoms with van der Waals surface area (Å²) in [6.45, 7) is 4.43. The number of hydrogen-bond donors (Lipinski definition) is 0. The van der Waals surface area contributed by atoms with Gasteiger partial charge >= 0.3 is 0 Å². The maximum absolute atomic E-state index is 11.2. The van der Waals surface area contributed by atoms with Gasteiger partial charge in [-0.1, -0.05) is 17.7 Å². The highest BCUT2D eigenvalue weighted by molar-refractivity contribution is 6.33. The maximum atomic E-state index is 11.2. The summed E-state index contributed by atoms with van der Waals surface area (Å²) in [5.41, 5.74) is 1.62. The van der Waals surface area contributed by atoms with E-state index in [0.29, 0.717) is 16.6 Å². The van der Waals surface area contributed by atoms with Crippen molar-refractivity contribution >= 4 is 23.6 Å². The molecule has 0 bridgehead atoms. The first kappa shape index (κ1) is 12.9. The molecule has 0 saturated carbocycles. The van der Waals surface area contributed by atoms with E-state index in [1.165, 1.54) is 32.4 Å². The number of likely N-dealkylation sites (tertiary alicyclic amines) is 1. The predicted molar refractivity (Wildman–Crippen MR) is 78.3 cm³/mol. The number of anilines is 1. The molecule has 0 aliphatic carbocycles. The van der Waals surface area contributed by atoms with Gasteiger partial charge in [0.1, 0.15) is 0 Å². The summed E-state index contributed by atoms with van der Waals surface area (Å²) < 4.78 is 0. The van der Waals surface area contributed by atoms with Gasteiger partial charge in [0.15, 0.2) is 6.29 Å². The van der Waals surface area contributed by atoms with Crippen molar-refractivity contribution in [2.24, 2.45) is 0 Å². The lowest BCUT2D eigenvalue weighted by atomic mass is 10.2. The first-order valence-corrected chi connectivity index (χ1v) is 7.40. The molecule has 4 heteroatoms. The molecule has 19 heavy (non-hydrogen) atoms. The van der Waals surface area contributed by atoms with Crippen molar-refractivity contribution < 1.29 is 4.79 Å². The molecule has 0 aromatic heterocycles. The van der Waals surface area contributed by atoms with E-state index in [9.17, 15) is 4.79 Å². The second kappa shape index (κ2) is 5.51. The Balaban J connectivity index is 1.79. The minimum atomic E-state index is 0.623. The monoisotopic (exact) mass is 278 g/mol. The van der Waals surface area contributed by atoms with Gasteiger partial charge in [0.25, 0.3) is 0 Å². The molecule has 0 amide bonds. The lowest BCUT2D eigenvalue weighted by Crippen LogP contribution is -2.35. The van der Waals surface area contributed by atoms with Crippen molar-refractivity contribution in [2.45, 2.75) is 25.3 Å². The van der Waals surface area contributed by atoms with E-state index in [4.69, 9.17) is 11.6 Å². The lowest BCUT2D eigenvalue weighted by Gasteiger charge is -2.25. The molecular weight excluding hydrogens is 260 g/mol. The zero-order valence-electron chi connectivity index (χ0n) is 11.0. The summed E-state index contributed by atoms with van der Waals surface area (Å²) in [7, 11) is 0. The molecule has 0 radical (unpaired) electrons. The Kier molecular flexibility index (Phi) is 3.76. The van der Waals surface area contributed by atoms with E-state index >= 15 is 0 Å². The van der Waals surface area contributed by atoms with Crippen LogP contribution in [0.4, 0.5) is 5.69 Å². The largest absolute Gasteiger partial charge is 0.368 e. The van der Waals surface area contributed by atoms with E-state index in [0.717, 1.165) is 25.1 Å². The molecule has 102 valence electrons. The van der Waals surface area contributed by atoms with E-state index in [1.807, 2.05) is 18.2 Å². The molecule has 1 unspecified atom stereocenters. The van der Waals surface area contributed by atoms with Gasteiger partial charge in [-0.05, 0) is 44.5 Å². The molecule has 3 nitrogen and oxygen atoms in total. The fourth-order valence-electron chi connectivity index (χ4n) is 3.31. The Morgan fingerprint density at radius 1 is 1.21 bits per heavy atom. The van der Waals surface area contributed by atoms with E-state index in [1.54, 1.807) is 0 Å². The Hall–Kier alpha value is -1.06.